The number of hydrogen-bond donors (Lipinski definition) is 0. The molecular formula is C13H12ClNO. The lowest BCUT2D eigenvalue weighted by atomic mass is 10.1. The summed E-state index contributed by atoms with van der Waals surface area (Å²) < 4.78 is 5.63. The number of halogens is 1. The van der Waals surface area contributed by atoms with Gasteiger partial charge in [0.25, 0.3) is 0 Å². The molecule has 0 atom stereocenters. The molecular weight excluding hydrogens is 222 g/mol. The molecule has 0 radical (unpaired) electrons. The largest absolute Gasteiger partial charge is 0.439 e. The first-order valence-corrected chi connectivity index (χ1v) is 5.39. The second-order valence-corrected chi connectivity index (χ2v) is 4.18. The standard InChI is InChI=1S/C13H12ClNO/c1-9-5-10(2)7-12(6-9)16-13-4-3-11(14)8-15-13/h3-8H,1-2H3. The molecule has 0 amide bonds. The third-order valence-electron chi connectivity index (χ3n) is 2.12. The number of rotatable bonds is 2. The highest BCUT2D eigenvalue weighted by Crippen LogP contribution is 2.22. The molecule has 0 aliphatic rings. The first-order chi connectivity index (χ1) is 7.63. The van der Waals surface area contributed by atoms with E-state index in [1.807, 2.05) is 26.0 Å². The van der Waals surface area contributed by atoms with Crippen molar-refractivity contribution < 1.29 is 4.74 Å². The molecule has 1 aromatic carbocycles. The third-order valence-corrected chi connectivity index (χ3v) is 2.34. The van der Waals surface area contributed by atoms with E-state index in [0.29, 0.717) is 10.9 Å². The summed E-state index contributed by atoms with van der Waals surface area (Å²) in [5.41, 5.74) is 2.34. The predicted octanol–water partition coefficient (Wildman–Crippen LogP) is 4.14. The summed E-state index contributed by atoms with van der Waals surface area (Å²) >= 11 is 5.75. The van der Waals surface area contributed by atoms with Gasteiger partial charge in [-0.3, -0.25) is 0 Å². The summed E-state index contributed by atoms with van der Waals surface area (Å²) in [7, 11) is 0. The molecule has 0 saturated heterocycles. The van der Waals surface area contributed by atoms with E-state index >= 15 is 0 Å². The number of ether oxygens (including phenoxy) is 1. The Labute approximate surface area is 99.9 Å². The van der Waals surface area contributed by atoms with Gasteiger partial charge < -0.3 is 4.74 Å². The SMILES string of the molecule is Cc1cc(C)cc(Oc2ccc(Cl)cn2)c1. The first kappa shape index (κ1) is 11.0. The molecule has 2 nitrogen and oxygen atoms in total. The zero-order chi connectivity index (χ0) is 11.5. The molecule has 0 unspecified atom stereocenters. The van der Waals surface area contributed by atoms with Crippen molar-refractivity contribution >= 4 is 11.6 Å². The van der Waals surface area contributed by atoms with Crippen LogP contribution in [0.15, 0.2) is 36.5 Å². The summed E-state index contributed by atoms with van der Waals surface area (Å²) in [6, 6.07) is 9.56. The summed E-state index contributed by atoms with van der Waals surface area (Å²) in [4.78, 5) is 4.08. The number of aryl methyl sites for hydroxylation is 2. The Morgan fingerprint density at radius 1 is 1.06 bits per heavy atom. The molecule has 2 aromatic rings. The molecule has 0 aliphatic carbocycles. The Bertz CT molecular complexity index is 474. The molecule has 0 bridgehead atoms. The van der Waals surface area contributed by atoms with E-state index in [4.69, 9.17) is 16.3 Å². The minimum absolute atomic E-state index is 0.550. The molecule has 0 saturated carbocycles. The minimum Gasteiger partial charge on any atom is -0.439 e. The number of benzene rings is 1. The summed E-state index contributed by atoms with van der Waals surface area (Å²) in [5.74, 6) is 1.35. The smallest absolute Gasteiger partial charge is 0.219 e. The van der Waals surface area contributed by atoms with E-state index in [1.54, 1.807) is 18.3 Å². The van der Waals surface area contributed by atoms with Crippen LogP contribution in [0.4, 0.5) is 0 Å². The normalized spacial score (nSPS) is 10.2. The Hall–Kier alpha value is -1.54. The summed E-state index contributed by atoms with van der Waals surface area (Å²) in [5, 5.41) is 0.604. The molecule has 3 heteroatoms. The molecule has 1 aromatic heterocycles. The van der Waals surface area contributed by atoms with Gasteiger partial charge in [-0.05, 0) is 43.2 Å². The van der Waals surface area contributed by atoms with Gasteiger partial charge in [-0.2, -0.15) is 0 Å². The topological polar surface area (TPSA) is 22.1 Å². The van der Waals surface area contributed by atoms with Crippen molar-refractivity contribution in [2.75, 3.05) is 0 Å². The van der Waals surface area contributed by atoms with Gasteiger partial charge in [-0.25, -0.2) is 4.98 Å². The highest BCUT2D eigenvalue weighted by molar-refractivity contribution is 6.30. The first-order valence-electron chi connectivity index (χ1n) is 5.01. The van der Waals surface area contributed by atoms with Gasteiger partial charge in [0.05, 0.1) is 5.02 Å². The Morgan fingerprint density at radius 3 is 2.31 bits per heavy atom. The summed E-state index contributed by atoms with van der Waals surface area (Å²) in [6.45, 7) is 4.07. The van der Waals surface area contributed by atoms with Gasteiger partial charge in [0.1, 0.15) is 5.75 Å². The number of hydrogen-bond acceptors (Lipinski definition) is 2. The van der Waals surface area contributed by atoms with Gasteiger partial charge in [0.2, 0.25) is 5.88 Å². The van der Waals surface area contributed by atoms with Crippen LogP contribution in [-0.2, 0) is 0 Å². The maximum atomic E-state index is 5.75. The van der Waals surface area contributed by atoms with Crippen molar-refractivity contribution in [3.63, 3.8) is 0 Å². The maximum absolute atomic E-state index is 5.75. The third kappa shape index (κ3) is 2.74. The van der Waals surface area contributed by atoms with Crippen LogP contribution in [0.5, 0.6) is 11.6 Å². The fourth-order valence-corrected chi connectivity index (χ4v) is 1.65. The second kappa shape index (κ2) is 4.54. The van der Waals surface area contributed by atoms with Crippen molar-refractivity contribution in [2.45, 2.75) is 13.8 Å². The van der Waals surface area contributed by atoms with Crippen LogP contribution in [0, 0.1) is 13.8 Å². The zero-order valence-electron chi connectivity index (χ0n) is 9.20. The van der Waals surface area contributed by atoms with Crippen LogP contribution in [0.1, 0.15) is 11.1 Å². The highest BCUT2D eigenvalue weighted by atomic mass is 35.5. The van der Waals surface area contributed by atoms with E-state index in [9.17, 15) is 0 Å². The van der Waals surface area contributed by atoms with E-state index in [1.165, 1.54) is 11.1 Å². The lowest BCUT2D eigenvalue weighted by molar-refractivity contribution is 0.462. The predicted molar refractivity (Wildman–Crippen MR) is 65.2 cm³/mol. The average molecular weight is 234 g/mol. The fourth-order valence-electron chi connectivity index (χ4n) is 1.54. The van der Waals surface area contributed by atoms with E-state index in [2.05, 4.69) is 11.1 Å². The molecule has 82 valence electrons. The average Bonchev–Trinajstić information content (AvgIpc) is 2.20. The quantitative estimate of drug-likeness (QED) is 0.778. The van der Waals surface area contributed by atoms with Crippen LogP contribution < -0.4 is 4.74 Å². The molecule has 2 rings (SSSR count). The van der Waals surface area contributed by atoms with Gasteiger partial charge in [0.15, 0.2) is 0 Å². The van der Waals surface area contributed by atoms with Crippen LogP contribution >= 0.6 is 11.6 Å². The lowest BCUT2D eigenvalue weighted by Gasteiger charge is -2.06. The zero-order valence-corrected chi connectivity index (χ0v) is 9.95. The second-order valence-electron chi connectivity index (χ2n) is 3.74. The van der Waals surface area contributed by atoms with E-state index < -0.39 is 0 Å². The molecule has 0 fully saturated rings. The van der Waals surface area contributed by atoms with Crippen molar-refractivity contribution in [1.82, 2.24) is 4.98 Å². The van der Waals surface area contributed by atoms with Gasteiger partial charge >= 0.3 is 0 Å². The van der Waals surface area contributed by atoms with Crippen LogP contribution in [0.2, 0.25) is 5.02 Å². The number of aromatic nitrogens is 1. The van der Waals surface area contributed by atoms with Crippen molar-refractivity contribution in [3.05, 3.63) is 52.7 Å². The monoisotopic (exact) mass is 233 g/mol. The lowest BCUT2D eigenvalue weighted by Crippen LogP contribution is -1.88. The maximum Gasteiger partial charge on any atom is 0.219 e. The molecule has 0 spiro atoms. The number of pyridine rings is 1. The molecule has 0 N–H and O–H groups in total. The van der Waals surface area contributed by atoms with Crippen LogP contribution in [-0.4, -0.2) is 4.98 Å². The van der Waals surface area contributed by atoms with Crippen molar-refractivity contribution in [1.29, 1.82) is 0 Å². The Balaban J connectivity index is 2.23. The van der Waals surface area contributed by atoms with E-state index in [0.717, 1.165) is 5.75 Å². The molecule has 0 aliphatic heterocycles. The minimum atomic E-state index is 0.550. The number of nitrogens with zero attached hydrogens (tertiary/aromatic N) is 1. The van der Waals surface area contributed by atoms with Crippen molar-refractivity contribution in [2.24, 2.45) is 0 Å². The van der Waals surface area contributed by atoms with Gasteiger partial charge in [0, 0.05) is 12.3 Å². The fraction of sp³-hybridized carbons (Fsp3) is 0.154. The van der Waals surface area contributed by atoms with E-state index in [-0.39, 0.29) is 0 Å². The van der Waals surface area contributed by atoms with Gasteiger partial charge in [-0.1, -0.05) is 17.7 Å². The molecule has 1 heterocycles. The Kier molecular flexibility index (Phi) is 3.11. The molecule has 16 heavy (non-hydrogen) atoms. The van der Waals surface area contributed by atoms with Crippen molar-refractivity contribution in [3.8, 4) is 11.6 Å². The van der Waals surface area contributed by atoms with Crippen LogP contribution in [0.25, 0.3) is 0 Å². The van der Waals surface area contributed by atoms with Crippen LogP contribution in [0.3, 0.4) is 0 Å². The Morgan fingerprint density at radius 2 is 1.75 bits per heavy atom. The van der Waals surface area contributed by atoms with Gasteiger partial charge in [-0.15, -0.1) is 0 Å². The highest BCUT2D eigenvalue weighted by Gasteiger charge is 2.00. The summed E-state index contributed by atoms with van der Waals surface area (Å²) in [6.07, 6.45) is 1.57.